The molecule has 3 atom stereocenters. The minimum Gasteiger partial charge on any atom is -0.489 e. The summed E-state index contributed by atoms with van der Waals surface area (Å²) in [5.74, 6) is 0.581. The lowest BCUT2D eigenvalue weighted by atomic mass is 9.79. The Morgan fingerprint density at radius 3 is 2.70 bits per heavy atom. The van der Waals surface area contributed by atoms with E-state index in [4.69, 9.17) is 4.74 Å². The van der Waals surface area contributed by atoms with E-state index in [9.17, 15) is 14.0 Å². The van der Waals surface area contributed by atoms with Crippen LogP contribution in [0, 0.1) is 23.6 Å². The highest BCUT2D eigenvalue weighted by atomic mass is 19.1. The predicted octanol–water partition coefficient (Wildman–Crippen LogP) is 2.71. The standard InChI is InChI=1S/C18H22FNO3/c1-11(23-16-4-2-3-15(19)9-16)10-20-18(22)14-7-12-5-6-13(8-14)17(12)21/h2-4,9,11-14H,5-8,10H2,1H3,(H,20,22). The summed E-state index contributed by atoms with van der Waals surface area (Å²) in [6.45, 7) is 2.20. The van der Waals surface area contributed by atoms with Gasteiger partial charge < -0.3 is 10.1 Å². The van der Waals surface area contributed by atoms with Crippen molar-refractivity contribution in [2.75, 3.05) is 6.54 Å². The van der Waals surface area contributed by atoms with Crippen LogP contribution in [0.4, 0.5) is 4.39 Å². The van der Waals surface area contributed by atoms with Crippen molar-refractivity contribution in [1.82, 2.24) is 5.32 Å². The van der Waals surface area contributed by atoms with Gasteiger partial charge in [0.1, 0.15) is 23.5 Å². The monoisotopic (exact) mass is 319 g/mol. The number of hydrogen-bond acceptors (Lipinski definition) is 3. The first-order valence-electron chi connectivity index (χ1n) is 8.26. The Morgan fingerprint density at radius 1 is 1.35 bits per heavy atom. The molecule has 0 heterocycles. The number of Topliss-reactive ketones (excluding diaryl/α,β-unsaturated/α-hetero) is 1. The van der Waals surface area contributed by atoms with Crippen molar-refractivity contribution in [2.24, 2.45) is 17.8 Å². The number of halogens is 1. The van der Waals surface area contributed by atoms with Crippen LogP contribution in [-0.2, 0) is 9.59 Å². The fourth-order valence-electron chi connectivity index (χ4n) is 3.69. The van der Waals surface area contributed by atoms with E-state index in [1.54, 1.807) is 12.1 Å². The quantitative estimate of drug-likeness (QED) is 0.908. The molecule has 1 aromatic carbocycles. The van der Waals surface area contributed by atoms with Gasteiger partial charge in [0.15, 0.2) is 0 Å². The Hall–Kier alpha value is -1.91. The third kappa shape index (κ3) is 3.71. The van der Waals surface area contributed by atoms with E-state index in [0.29, 0.717) is 30.9 Å². The lowest BCUT2D eigenvalue weighted by Gasteiger charge is -2.26. The molecule has 3 unspecified atom stereocenters. The Balaban J connectivity index is 1.46. The third-order valence-corrected chi connectivity index (χ3v) is 4.87. The molecule has 4 nitrogen and oxygen atoms in total. The fourth-order valence-corrected chi connectivity index (χ4v) is 3.69. The second-order valence-electron chi connectivity index (χ2n) is 6.67. The zero-order chi connectivity index (χ0) is 16.4. The van der Waals surface area contributed by atoms with Gasteiger partial charge in [-0.2, -0.15) is 0 Å². The number of benzene rings is 1. The number of fused-ring (bicyclic) bond motifs is 2. The Bertz CT molecular complexity index is 588. The summed E-state index contributed by atoms with van der Waals surface area (Å²) in [6, 6.07) is 5.96. The summed E-state index contributed by atoms with van der Waals surface area (Å²) in [6.07, 6.45) is 2.99. The first-order valence-corrected chi connectivity index (χ1v) is 8.26. The molecule has 23 heavy (non-hydrogen) atoms. The molecule has 1 aromatic rings. The van der Waals surface area contributed by atoms with Crippen molar-refractivity contribution in [3.05, 3.63) is 30.1 Å². The van der Waals surface area contributed by atoms with E-state index in [1.807, 2.05) is 6.92 Å². The van der Waals surface area contributed by atoms with Crippen molar-refractivity contribution in [2.45, 2.75) is 38.7 Å². The van der Waals surface area contributed by atoms with Crippen molar-refractivity contribution >= 4 is 11.7 Å². The molecule has 5 heteroatoms. The van der Waals surface area contributed by atoms with Crippen LogP contribution in [-0.4, -0.2) is 24.3 Å². The number of ether oxygens (including phenoxy) is 1. The third-order valence-electron chi connectivity index (χ3n) is 4.87. The van der Waals surface area contributed by atoms with Gasteiger partial charge in [0.2, 0.25) is 5.91 Å². The Morgan fingerprint density at radius 2 is 2.04 bits per heavy atom. The SMILES string of the molecule is CC(CNC(=O)C1CC2CCC(C1)C2=O)Oc1cccc(F)c1. The molecule has 2 bridgehead atoms. The maximum atomic E-state index is 13.1. The van der Waals surface area contributed by atoms with Gasteiger partial charge in [-0.05, 0) is 44.7 Å². The van der Waals surface area contributed by atoms with E-state index in [1.165, 1.54) is 12.1 Å². The highest BCUT2D eigenvalue weighted by Gasteiger charge is 2.43. The lowest BCUT2D eigenvalue weighted by molar-refractivity contribution is -0.132. The van der Waals surface area contributed by atoms with Crippen LogP contribution >= 0.6 is 0 Å². The molecule has 0 saturated heterocycles. The molecule has 0 aliphatic heterocycles. The van der Waals surface area contributed by atoms with Crippen molar-refractivity contribution < 1.29 is 18.7 Å². The minimum absolute atomic E-state index is 0.00379. The molecule has 0 aromatic heterocycles. The molecule has 2 aliphatic rings. The normalized spacial score (nSPS) is 27.6. The zero-order valence-corrected chi connectivity index (χ0v) is 13.3. The zero-order valence-electron chi connectivity index (χ0n) is 13.3. The molecular weight excluding hydrogens is 297 g/mol. The van der Waals surface area contributed by atoms with Crippen LogP contribution in [0.15, 0.2) is 24.3 Å². The average Bonchev–Trinajstić information content (AvgIpc) is 2.74. The molecule has 1 N–H and O–H groups in total. The van der Waals surface area contributed by atoms with E-state index in [-0.39, 0.29) is 35.6 Å². The summed E-state index contributed by atoms with van der Waals surface area (Å²) in [4.78, 5) is 24.2. The van der Waals surface area contributed by atoms with E-state index in [2.05, 4.69) is 5.32 Å². The Labute approximate surface area is 135 Å². The molecule has 0 spiro atoms. The van der Waals surface area contributed by atoms with Gasteiger partial charge in [0.25, 0.3) is 0 Å². The largest absolute Gasteiger partial charge is 0.489 e. The van der Waals surface area contributed by atoms with Gasteiger partial charge in [-0.25, -0.2) is 4.39 Å². The minimum atomic E-state index is -0.346. The number of hydrogen-bond donors (Lipinski definition) is 1. The molecule has 124 valence electrons. The average molecular weight is 319 g/mol. The molecule has 2 aliphatic carbocycles. The Kier molecular flexibility index (Phi) is 4.64. The van der Waals surface area contributed by atoms with Gasteiger partial charge in [-0.1, -0.05) is 6.07 Å². The van der Waals surface area contributed by atoms with E-state index < -0.39 is 0 Å². The van der Waals surface area contributed by atoms with E-state index in [0.717, 1.165) is 12.8 Å². The highest BCUT2D eigenvalue weighted by molar-refractivity contribution is 5.89. The van der Waals surface area contributed by atoms with Crippen LogP contribution in [0.5, 0.6) is 5.75 Å². The predicted molar refractivity (Wildman–Crippen MR) is 83.4 cm³/mol. The number of ketones is 1. The van der Waals surface area contributed by atoms with Gasteiger partial charge in [-0.15, -0.1) is 0 Å². The lowest BCUT2D eigenvalue weighted by Crippen LogP contribution is -2.40. The molecule has 0 radical (unpaired) electrons. The maximum Gasteiger partial charge on any atom is 0.223 e. The molecule has 2 saturated carbocycles. The highest BCUT2D eigenvalue weighted by Crippen LogP contribution is 2.41. The molecule has 2 fully saturated rings. The maximum absolute atomic E-state index is 13.1. The van der Waals surface area contributed by atoms with Crippen molar-refractivity contribution in [3.8, 4) is 5.75 Å². The molecular formula is C18H22FNO3. The second kappa shape index (κ2) is 6.69. The van der Waals surface area contributed by atoms with Gasteiger partial charge in [0.05, 0.1) is 6.54 Å². The smallest absolute Gasteiger partial charge is 0.223 e. The second-order valence-corrected chi connectivity index (χ2v) is 6.67. The van der Waals surface area contributed by atoms with Gasteiger partial charge in [0, 0.05) is 23.8 Å². The summed E-state index contributed by atoms with van der Waals surface area (Å²) in [7, 11) is 0. The van der Waals surface area contributed by atoms with Gasteiger partial charge in [-0.3, -0.25) is 9.59 Å². The number of rotatable bonds is 5. The van der Waals surface area contributed by atoms with Crippen LogP contribution in [0.1, 0.15) is 32.6 Å². The van der Waals surface area contributed by atoms with Crippen LogP contribution in [0.3, 0.4) is 0 Å². The van der Waals surface area contributed by atoms with Crippen molar-refractivity contribution in [3.63, 3.8) is 0 Å². The van der Waals surface area contributed by atoms with E-state index >= 15 is 0 Å². The summed E-state index contributed by atoms with van der Waals surface area (Å²) < 4.78 is 18.7. The first kappa shape index (κ1) is 16.0. The number of nitrogens with one attached hydrogen (secondary N) is 1. The fraction of sp³-hybridized carbons (Fsp3) is 0.556. The topological polar surface area (TPSA) is 55.4 Å². The first-order chi connectivity index (χ1) is 11.0. The van der Waals surface area contributed by atoms with Crippen molar-refractivity contribution in [1.29, 1.82) is 0 Å². The van der Waals surface area contributed by atoms with Crippen LogP contribution in [0.2, 0.25) is 0 Å². The molecule has 3 rings (SSSR count). The summed E-state index contributed by atoms with van der Waals surface area (Å²) >= 11 is 0. The van der Waals surface area contributed by atoms with Gasteiger partial charge >= 0.3 is 0 Å². The summed E-state index contributed by atoms with van der Waals surface area (Å²) in [5, 5.41) is 2.90. The number of amides is 1. The summed E-state index contributed by atoms with van der Waals surface area (Å²) in [5.41, 5.74) is 0. The number of carbonyl (C=O) groups excluding carboxylic acids is 2. The van der Waals surface area contributed by atoms with Crippen LogP contribution in [0.25, 0.3) is 0 Å². The molecule has 1 amide bonds. The van der Waals surface area contributed by atoms with Crippen LogP contribution < -0.4 is 10.1 Å². The number of carbonyl (C=O) groups is 2.